The third-order valence-electron chi connectivity index (χ3n) is 2.06. The molecule has 2 aromatic heterocycles. The third kappa shape index (κ3) is 1.95. The summed E-state index contributed by atoms with van der Waals surface area (Å²) in [6.45, 7) is 4.18. The molecule has 6 nitrogen and oxygen atoms in total. The summed E-state index contributed by atoms with van der Waals surface area (Å²) in [5.74, 6) is 1.04. The highest BCUT2D eigenvalue weighted by Gasteiger charge is 2.09. The number of aromatic amines is 1. The summed E-state index contributed by atoms with van der Waals surface area (Å²) >= 11 is 0. The maximum atomic E-state index is 5.54. The highest BCUT2D eigenvalue weighted by molar-refractivity contribution is 5.80. The smallest absolute Gasteiger partial charge is 0.229 e. The highest BCUT2D eigenvalue weighted by atomic mass is 16.5. The molecule has 2 N–H and O–H groups in total. The van der Waals surface area contributed by atoms with E-state index in [0.717, 1.165) is 11.8 Å². The number of anilines is 1. The van der Waals surface area contributed by atoms with E-state index in [1.54, 1.807) is 19.3 Å². The minimum atomic E-state index is 0.505. The Morgan fingerprint density at radius 1 is 1.56 bits per heavy atom. The van der Waals surface area contributed by atoms with Crippen LogP contribution in [0.4, 0.5) is 5.95 Å². The zero-order valence-corrected chi connectivity index (χ0v) is 9.03. The zero-order chi connectivity index (χ0) is 11.4. The first-order chi connectivity index (χ1) is 7.85. The van der Waals surface area contributed by atoms with Crippen LogP contribution in [0.1, 0.15) is 6.42 Å². The van der Waals surface area contributed by atoms with Crippen LogP contribution in [0.2, 0.25) is 0 Å². The van der Waals surface area contributed by atoms with Gasteiger partial charge in [0.1, 0.15) is 5.39 Å². The Morgan fingerprint density at radius 3 is 3.19 bits per heavy atom. The van der Waals surface area contributed by atoms with Crippen LogP contribution >= 0.6 is 0 Å². The van der Waals surface area contributed by atoms with Crippen LogP contribution in [0.3, 0.4) is 0 Å². The molecule has 0 saturated heterocycles. The number of nitrogens with one attached hydrogen (secondary N) is 2. The SMILES string of the molecule is C=CCCOc1nc(NC)nc2[nH]ncc12. The summed E-state index contributed by atoms with van der Waals surface area (Å²) in [6.07, 6.45) is 4.23. The monoisotopic (exact) mass is 219 g/mol. The van der Waals surface area contributed by atoms with Crippen molar-refractivity contribution in [3.8, 4) is 5.88 Å². The van der Waals surface area contributed by atoms with Crippen molar-refractivity contribution >= 4 is 17.0 Å². The van der Waals surface area contributed by atoms with Gasteiger partial charge in [-0.2, -0.15) is 15.1 Å². The van der Waals surface area contributed by atoms with Gasteiger partial charge in [0.05, 0.1) is 12.8 Å². The molecule has 6 heteroatoms. The van der Waals surface area contributed by atoms with Crippen LogP contribution in [0.15, 0.2) is 18.9 Å². The predicted octanol–water partition coefficient (Wildman–Crippen LogP) is 1.35. The molecule has 0 radical (unpaired) electrons. The Bertz CT molecular complexity index is 493. The van der Waals surface area contributed by atoms with Crippen LogP contribution in [-0.4, -0.2) is 33.8 Å². The normalized spacial score (nSPS) is 10.3. The van der Waals surface area contributed by atoms with Crippen LogP contribution < -0.4 is 10.1 Å². The molecule has 16 heavy (non-hydrogen) atoms. The van der Waals surface area contributed by atoms with Crippen LogP contribution in [0.25, 0.3) is 11.0 Å². The summed E-state index contributed by atoms with van der Waals surface area (Å²) in [4.78, 5) is 8.43. The molecule has 0 aliphatic carbocycles. The fraction of sp³-hybridized carbons (Fsp3) is 0.300. The van der Waals surface area contributed by atoms with Crippen molar-refractivity contribution in [1.29, 1.82) is 0 Å². The van der Waals surface area contributed by atoms with E-state index in [1.165, 1.54) is 0 Å². The molecule has 0 amide bonds. The van der Waals surface area contributed by atoms with E-state index in [0.29, 0.717) is 24.1 Å². The second-order valence-corrected chi connectivity index (χ2v) is 3.16. The van der Waals surface area contributed by atoms with E-state index < -0.39 is 0 Å². The van der Waals surface area contributed by atoms with Gasteiger partial charge >= 0.3 is 0 Å². The fourth-order valence-corrected chi connectivity index (χ4v) is 1.27. The average molecular weight is 219 g/mol. The third-order valence-corrected chi connectivity index (χ3v) is 2.06. The fourth-order valence-electron chi connectivity index (χ4n) is 1.27. The number of nitrogens with zero attached hydrogens (tertiary/aromatic N) is 3. The molecule has 0 saturated carbocycles. The number of hydrogen-bond donors (Lipinski definition) is 2. The lowest BCUT2D eigenvalue weighted by molar-refractivity contribution is 0.316. The molecule has 0 bridgehead atoms. The first-order valence-corrected chi connectivity index (χ1v) is 4.97. The number of hydrogen-bond acceptors (Lipinski definition) is 5. The minimum absolute atomic E-state index is 0.505. The molecule has 0 aromatic carbocycles. The lowest BCUT2D eigenvalue weighted by Gasteiger charge is -2.06. The molecule has 0 spiro atoms. The van der Waals surface area contributed by atoms with E-state index in [9.17, 15) is 0 Å². The van der Waals surface area contributed by atoms with E-state index in [2.05, 4.69) is 32.1 Å². The lowest BCUT2D eigenvalue weighted by Crippen LogP contribution is -2.02. The quantitative estimate of drug-likeness (QED) is 0.586. The van der Waals surface area contributed by atoms with Crippen molar-refractivity contribution in [1.82, 2.24) is 20.2 Å². The molecule has 84 valence electrons. The summed E-state index contributed by atoms with van der Waals surface area (Å²) in [5.41, 5.74) is 0.660. The maximum Gasteiger partial charge on any atom is 0.229 e. The van der Waals surface area contributed by atoms with Gasteiger partial charge in [-0.15, -0.1) is 6.58 Å². The largest absolute Gasteiger partial charge is 0.477 e. The Labute approximate surface area is 92.7 Å². The summed E-state index contributed by atoms with van der Waals surface area (Å²) < 4.78 is 5.54. The molecular weight excluding hydrogens is 206 g/mol. The van der Waals surface area contributed by atoms with Crippen LogP contribution in [0.5, 0.6) is 5.88 Å². The van der Waals surface area contributed by atoms with Crippen molar-refractivity contribution in [3.63, 3.8) is 0 Å². The summed E-state index contributed by atoms with van der Waals surface area (Å²) in [5, 5.41) is 10.3. The predicted molar refractivity (Wildman–Crippen MR) is 61.5 cm³/mol. The Kier molecular flexibility index (Phi) is 3.00. The standard InChI is InChI=1S/C10H13N5O/c1-3-4-5-16-9-7-6-12-15-8(7)13-10(11-2)14-9/h3,6H,1,4-5H2,2H3,(H2,11,12,13,14,15). The van der Waals surface area contributed by atoms with Crippen molar-refractivity contribution < 1.29 is 4.74 Å². The molecule has 2 aromatic rings. The van der Waals surface area contributed by atoms with Gasteiger partial charge in [0.15, 0.2) is 5.65 Å². The zero-order valence-electron chi connectivity index (χ0n) is 9.03. The molecule has 0 atom stereocenters. The molecule has 0 aliphatic heterocycles. The van der Waals surface area contributed by atoms with Gasteiger partial charge in [-0.05, 0) is 6.42 Å². The van der Waals surface area contributed by atoms with E-state index in [-0.39, 0.29) is 0 Å². The van der Waals surface area contributed by atoms with Crippen molar-refractivity contribution in [2.45, 2.75) is 6.42 Å². The Balaban J connectivity index is 2.32. The highest BCUT2D eigenvalue weighted by Crippen LogP contribution is 2.21. The van der Waals surface area contributed by atoms with E-state index >= 15 is 0 Å². The van der Waals surface area contributed by atoms with Gasteiger partial charge in [0.25, 0.3) is 0 Å². The maximum absolute atomic E-state index is 5.54. The summed E-state index contributed by atoms with van der Waals surface area (Å²) in [6, 6.07) is 0. The number of rotatable bonds is 5. The minimum Gasteiger partial charge on any atom is -0.477 e. The molecular formula is C10H13N5O. The number of H-pyrrole nitrogens is 1. The molecule has 0 fully saturated rings. The lowest BCUT2D eigenvalue weighted by atomic mass is 10.4. The van der Waals surface area contributed by atoms with Crippen molar-refractivity contribution in [2.24, 2.45) is 0 Å². The number of fused-ring (bicyclic) bond motifs is 1. The second kappa shape index (κ2) is 4.61. The van der Waals surface area contributed by atoms with Crippen LogP contribution in [0, 0.1) is 0 Å². The average Bonchev–Trinajstić information content (AvgIpc) is 2.77. The Morgan fingerprint density at radius 2 is 2.44 bits per heavy atom. The van der Waals surface area contributed by atoms with Crippen LogP contribution in [-0.2, 0) is 0 Å². The van der Waals surface area contributed by atoms with Crippen molar-refractivity contribution in [2.75, 3.05) is 19.0 Å². The van der Waals surface area contributed by atoms with E-state index in [4.69, 9.17) is 4.74 Å². The number of aromatic nitrogens is 4. The van der Waals surface area contributed by atoms with E-state index in [1.807, 2.05) is 0 Å². The molecule has 0 aliphatic rings. The van der Waals surface area contributed by atoms with Crippen molar-refractivity contribution in [3.05, 3.63) is 18.9 Å². The van der Waals surface area contributed by atoms with Gasteiger partial charge in [-0.25, -0.2) is 0 Å². The molecule has 2 rings (SSSR count). The molecule has 0 unspecified atom stereocenters. The van der Waals surface area contributed by atoms with Gasteiger partial charge in [0.2, 0.25) is 11.8 Å². The van der Waals surface area contributed by atoms with Gasteiger partial charge < -0.3 is 10.1 Å². The first-order valence-electron chi connectivity index (χ1n) is 4.97. The van der Waals surface area contributed by atoms with Gasteiger partial charge in [0, 0.05) is 7.05 Å². The Hall–Kier alpha value is -2.11. The second-order valence-electron chi connectivity index (χ2n) is 3.16. The van der Waals surface area contributed by atoms with Gasteiger partial charge in [-0.3, -0.25) is 5.10 Å². The summed E-state index contributed by atoms with van der Waals surface area (Å²) in [7, 11) is 1.76. The topological polar surface area (TPSA) is 75.7 Å². The molecule has 2 heterocycles. The first kappa shape index (κ1) is 10.4. The number of ether oxygens (including phenoxy) is 1. The van der Waals surface area contributed by atoms with Gasteiger partial charge in [-0.1, -0.05) is 6.08 Å².